The lowest BCUT2D eigenvalue weighted by Gasteiger charge is -2.21. The fourth-order valence-electron chi connectivity index (χ4n) is 2.98. The number of nitrogens with zero attached hydrogens (tertiary/aromatic N) is 2. The van der Waals surface area contributed by atoms with Crippen molar-refractivity contribution in [2.75, 3.05) is 26.2 Å². The molecule has 0 radical (unpaired) electrons. The average Bonchev–Trinajstić information content (AvgIpc) is 2.72. The Hall–Kier alpha value is -1.95. The zero-order chi connectivity index (χ0) is 16.6. The summed E-state index contributed by atoms with van der Waals surface area (Å²) in [5, 5.41) is 0.804. The van der Waals surface area contributed by atoms with E-state index >= 15 is 0 Å². The number of fused-ring (bicyclic) bond motifs is 1. The van der Waals surface area contributed by atoms with Gasteiger partial charge in [-0.1, -0.05) is 0 Å². The van der Waals surface area contributed by atoms with Gasteiger partial charge in [0.15, 0.2) is 0 Å². The van der Waals surface area contributed by atoms with Crippen LogP contribution in [0.5, 0.6) is 0 Å². The van der Waals surface area contributed by atoms with Gasteiger partial charge in [-0.15, -0.1) is 11.3 Å². The molecule has 1 aliphatic rings. The van der Waals surface area contributed by atoms with E-state index in [0.717, 1.165) is 22.1 Å². The van der Waals surface area contributed by atoms with Gasteiger partial charge >= 0.3 is 0 Å². The predicted octanol–water partition coefficient (Wildman–Crippen LogP) is 3.04. The van der Waals surface area contributed by atoms with E-state index in [9.17, 15) is 14.0 Å². The minimum absolute atomic E-state index is 0.0190. The summed E-state index contributed by atoms with van der Waals surface area (Å²) in [6.07, 6.45) is 0.782. The maximum Gasteiger partial charge on any atom is 0.264 e. The molecule has 23 heavy (non-hydrogen) atoms. The Morgan fingerprint density at radius 3 is 2.57 bits per heavy atom. The highest BCUT2D eigenvalue weighted by atomic mass is 32.1. The van der Waals surface area contributed by atoms with Gasteiger partial charge in [-0.2, -0.15) is 0 Å². The first-order chi connectivity index (χ1) is 11.0. The lowest BCUT2D eigenvalue weighted by molar-refractivity contribution is -0.128. The van der Waals surface area contributed by atoms with Crippen molar-refractivity contribution in [2.24, 2.45) is 0 Å². The van der Waals surface area contributed by atoms with E-state index in [1.807, 2.05) is 6.92 Å². The van der Waals surface area contributed by atoms with E-state index in [1.165, 1.54) is 23.5 Å². The maximum absolute atomic E-state index is 13.4. The lowest BCUT2D eigenvalue weighted by Crippen LogP contribution is -2.36. The monoisotopic (exact) mass is 334 g/mol. The summed E-state index contributed by atoms with van der Waals surface area (Å²) in [6, 6.07) is 4.63. The lowest BCUT2D eigenvalue weighted by atomic mass is 10.1. The third kappa shape index (κ3) is 3.08. The molecule has 2 aromatic rings. The average molecular weight is 334 g/mol. The number of hydrogen-bond acceptors (Lipinski definition) is 3. The molecule has 6 heteroatoms. The first kappa shape index (κ1) is 15.9. The molecule has 122 valence electrons. The van der Waals surface area contributed by atoms with Crippen LogP contribution in [0.15, 0.2) is 18.2 Å². The molecular weight excluding hydrogens is 315 g/mol. The summed E-state index contributed by atoms with van der Waals surface area (Å²) in [5.74, 6) is -0.258. The number of halogens is 1. The van der Waals surface area contributed by atoms with Crippen LogP contribution in [0.25, 0.3) is 10.1 Å². The van der Waals surface area contributed by atoms with Gasteiger partial charge in [-0.25, -0.2) is 4.39 Å². The van der Waals surface area contributed by atoms with Crippen molar-refractivity contribution in [1.82, 2.24) is 9.80 Å². The molecule has 1 saturated heterocycles. The Kier molecular flexibility index (Phi) is 4.35. The van der Waals surface area contributed by atoms with Gasteiger partial charge in [0.05, 0.1) is 4.88 Å². The van der Waals surface area contributed by atoms with Gasteiger partial charge in [0.25, 0.3) is 5.91 Å². The molecule has 2 heterocycles. The van der Waals surface area contributed by atoms with E-state index in [1.54, 1.807) is 22.8 Å². The van der Waals surface area contributed by atoms with Crippen molar-refractivity contribution in [3.8, 4) is 0 Å². The third-order valence-electron chi connectivity index (χ3n) is 4.32. The van der Waals surface area contributed by atoms with E-state index in [4.69, 9.17) is 0 Å². The van der Waals surface area contributed by atoms with Gasteiger partial charge in [0, 0.05) is 37.8 Å². The van der Waals surface area contributed by atoms with Crippen LogP contribution in [0.4, 0.5) is 4.39 Å². The Bertz CT molecular complexity index is 771. The van der Waals surface area contributed by atoms with Crippen LogP contribution in [0.3, 0.4) is 0 Å². The van der Waals surface area contributed by atoms with Crippen molar-refractivity contribution >= 4 is 33.2 Å². The largest absolute Gasteiger partial charge is 0.341 e. The summed E-state index contributed by atoms with van der Waals surface area (Å²) in [4.78, 5) is 28.6. The SMILES string of the molecule is CC(=O)N1CCCN(C(=O)c2sc3ccc(F)cc3c2C)CC1. The molecule has 1 aromatic carbocycles. The Labute approximate surface area is 138 Å². The van der Waals surface area contributed by atoms with Gasteiger partial charge in [0.2, 0.25) is 5.91 Å². The number of hydrogen-bond donors (Lipinski definition) is 0. The van der Waals surface area contributed by atoms with Crippen molar-refractivity contribution in [3.63, 3.8) is 0 Å². The second-order valence-electron chi connectivity index (χ2n) is 5.85. The molecule has 0 bridgehead atoms. The van der Waals surface area contributed by atoms with Crippen LogP contribution < -0.4 is 0 Å². The first-order valence-electron chi connectivity index (χ1n) is 7.71. The maximum atomic E-state index is 13.4. The molecule has 0 atom stereocenters. The fourth-order valence-corrected chi connectivity index (χ4v) is 4.13. The van der Waals surface area contributed by atoms with Crippen molar-refractivity contribution in [3.05, 3.63) is 34.5 Å². The molecule has 0 spiro atoms. The van der Waals surface area contributed by atoms with Crippen molar-refractivity contribution < 1.29 is 14.0 Å². The van der Waals surface area contributed by atoms with E-state index in [2.05, 4.69) is 0 Å². The zero-order valence-corrected chi connectivity index (χ0v) is 14.1. The number of amides is 2. The summed E-state index contributed by atoms with van der Waals surface area (Å²) in [6.45, 7) is 5.87. The molecule has 1 aliphatic heterocycles. The molecule has 0 N–H and O–H groups in total. The smallest absolute Gasteiger partial charge is 0.264 e. The molecule has 4 nitrogen and oxygen atoms in total. The summed E-state index contributed by atoms with van der Waals surface area (Å²) in [5.41, 5.74) is 0.835. The number of rotatable bonds is 1. The molecule has 3 rings (SSSR count). The summed E-state index contributed by atoms with van der Waals surface area (Å²) < 4.78 is 14.3. The molecule has 0 aliphatic carbocycles. The van der Waals surface area contributed by atoms with Crippen molar-refractivity contribution in [2.45, 2.75) is 20.3 Å². The van der Waals surface area contributed by atoms with E-state index in [0.29, 0.717) is 31.1 Å². The van der Waals surface area contributed by atoms with Gasteiger partial charge in [-0.3, -0.25) is 9.59 Å². The minimum Gasteiger partial charge on any atom is -0.341 e. The van der Waals surface area contributed by atoms with Crippen LogP contribution in [-0.2, 0) is 4.79 Å². The molecule has 0 saturated carbocycles. The molecule has 1 fully saturated rings. The summed E-state index contributed by atoms with van der Waals surface area (Å²) >= 11 is 1.41. The fraction of sp³-hybridized carbons (Fsp3) is 0.412. The summed E-state index contributed by atoms with van der Waals surface area (Å²) in [7, 11) is 0. The van der Waals surface area contributed by atoms with Crippen LogP contribution >= 0.6 is 11.3 Å². The molecule has 2 amide bonds. The number of carbonyl (C=O) groups is 2. The highest BCUT2D eigenvalue weighted by Crippen LogP contribution is 2.32. The number of benzene rings is 1. The third-order valence-corrected chi connectivity index (χ3v) is 5.58. The van der Waals surface area contributed by atoms with Crippen LogP contribution in [0.2, 0.25) is 0 Å². The molecular formula is C17H19FN2O2S. The van der Waals surface area contributed by atoms with Gasteiger partial charge < -0.3 is 9.80 Å². The number of thiophene rings is 1. The second-order valence-corrected chi connectivity index (χ2v) is 6.90. The van der Waals surface area contributed by atoms with Crippen LogP contribution in [0.1, 0.15) is 28.6 Å². The van der Waals surface area contributed by atoms with Gasteiger partial charge in [0.1, 0.15) is 5.82 Å². The predicted molar refractivity (Wildman–Crippen MR) is 89.3 cm³/mol. The first-order valence-corrected chi connectivity index (χ1v) is 8.52. The van der Waals surface area contributed by atoms with Crippen molar-refractivity contribution in [1.29, 1.82) is 0 Å². The highest BCUT2D eigenvalue weighted by molar-refractivity contribution is 7.21. The Morgan fingerprint density at radius 2 is 1.83 bits per heavy atom. The standard InChI is InChI=1S/C17H19FN2O2S/c1-11-14-10-13(18)4-5-15(14)23-16(11)17(22)20-7-3-6-19(8-9-20)12(2)21/h4-5,10H,3,6-9H2,1-2H3. The highest BCUT2D eigenvalue weighted by Gasteiger charge is 2.24. The van der Waals surface area contributed by atoms with Crippen LogP contribution in [0, 0.1) is 12.7 Å². The van der Waals surface area contributed by atoms with Crippen LogP contribution in [-0.4, -0.2) is 47.8 Å². The minimum atomic E-state index is -0.288. The number of aryl methyl sites for hydroxylation is 1. The number of carbonyl (C=O) groups excluding carboxylic acids is 2. The Balaban J connectivity index is 1.85. The molecule has 1 aromatic heterocycles. The topological polar surface area (TPSA) is 40.6 Å². The van der Waals surface area contributed by atoms with Gasteiger partial charge in [-0.05, 0) is 42.5 Å². The van der Waals surface area contributed by atoms with E-state index in [-0.39, 0.29) is 17.6 Å². The van der Waals surface area contributed by atoms with E-state index < -0.39 is 0 Å². The zero-order valence-electron chi connectivity index (χ0n) is 13.3. The quantitative estimate of drug-likeness (QED) is 0.804. The Morgan fingerprint density at radius 1 is 1.13 bits per heavy atom. The second kappa shape index (κ2) is 6.28. The normalized spacial score (nSPS) is 15.8. The molecule has 0 unspecified atom stereocenters.